The van der Waals surface area contributed by atoms with Crippen LogP contribution in [-0.4, -0.2) is 17.3 Å². The van der Waals surface area contributed by atoms with Crippen molar-refractivity contribution >= 4 is 21.8 Å². The predicted molar refractivity (Wildman–Crippen MR) is 71.8 cm³/mol. The number of hydrogen-bond acceptors (Lipinski definition) is 1. The average Bonchev–Trinajstić information content (AvgIpc) is 2.35. The van der Waals surface area contributed by atoms with E-state index in [-0.39, 0.29) is 10.7 Å². The minimum absolute atomic E-state index is 0.0144. The van der Waals surface area contributed by atoms with Crippen LogP contribution in [0.4, 0.5) is 0 Å². The van der Waals surface area contributed by atoms with Crippen molar-refractivity contribution in [2.75, 3.05) is 6.54 Å². The first-order valence-corrected chi connectivity index (χ1v) is 7.50. The van der Waals surface area contributed by atoms with Crippen LogP contribution < -0.4 is 5.32 Å². The Kier molecular flexibility index (Phi) is 6.40. The number of alkyl halides is 1. The smallest absolute Gasteiger partial charge is 0.233 e. The molecule has 0 aliphatic heterocycles. The van der Waals surface area contributed by atoms with E-state index in [0.717, 1.165) is 18.9 Å². The summed E-state index contributed by atoms with van der Waals surface area (Å²) in [6, 6.07) is 0. The third kappa shape index (κ3) is 4.44. The van der Waals surface area contributed by atoms with Crippen molar-refractivity contribution in [3.63, 3.8) is 0 Å². The molecule has 1 unspecified atom stereocenters. The molecule has 1 N–H and O–H groups in total. The van der Waals surface area contributed by atoms with Gasteiger partial charge in [0, 0.05) is 6.54 Å². The molecule has 0 spiro atoms. The SMILES string of the molecule is CCC1CCC(CNC(=O)C(Br)CC)CC1. The molecule has 1 aliphatic carbocycles. The van der Waals surface area contributed by atoms with E-state index < -0.39 is 0 Å². The number of halogens is 1. The zero-order valence-corrected chi connectivity index (χ0v) is 12.1. The Morgan fingerprint density at radius 1 is 1.25 bits per heavy atom. The van der Waals surface area contributed by atoms with E-state index in [0.29, 0.717) is 5.92 Å². The second-order valence-electron chi connectivity index (χ2n) is 4.92. The zero-order valence-electron chi connectivity index (χ0n) is 10.5. The largest absolute Gasteiger partial charge is 0.355 e. The van der Waals surface area contributed by atoms with Crippen molar-refractivity contribution in [2.24, 2.45) is 11.8 Å². The van der Waals surface area contributed by atoms with Crippen molar-refractivity contribution in [1.82, 2.24) is 5.32 Å². The molecule has 16 heavy (non-hydrogen) atoms. The molecule has 1 saturated carbocycles. The molecule has 2 nitrogen and oxygen atoms in total. The van der Waals surface area contributed by atoms with Gasteiger partial charge in [0.15, 0.2) is 0 Å². The topological polar surface area (TPSA) is 29.1 Å². The zero-order chi connectivity index (χ0) is 12.0. The molecular formula is C13H24BrNO. The van der Waals surface area contributed by atoms with Crippen LogP contribution in [-0.2, 0) is 4.79 Å². The van der Waals surface area contributed by atoms with Crippen LogP contribution in [0.15, 0.2) is 0 Å². The van der Waals surface area contributed by atoms with Gasteiger partial charge in [0.1, 0.15) is 0 Å². The molecular weight excluding hydrogens is 266 g/mol. The minimum atomic E-state index is -0.0144. The van der Waals surface area contributed by atoms with Crippen LogP contribution in [0.1, 0.15) is 52.4 Å². The maximum Gasteiger partial charge on any atom is 0.233 e. The van der Waals surface area contributed by atoms with E-state index in [2.05, 4.69) is 28.2 Å². The Balaban J connectivity index is 2.17. The molecule has 0 radical (unpaired) electrons. The average molecular weight is 290 g/mol. The molecule has 0 bridgehead atoms. The lowest BCUT2D eigenvalue weighted by molar-refractivity contribution is -0.120. The molecule has 3 heteroatoms. The van der Waals surface area contributed by atoms with Gasteiger partial charge in [-0.25, -0.2) is 0 Å². The van der Waals surface area contributed by atoms with Crippen LogP contribution in [0, 0.1) is 11.8 Å². The number of hydrogen-bond donors (Lipinski definition) is 1. The summed E-state index contributed by atoms with van der Waals surface area (Å²) < 4.78 is 0. The Morgan fingerprint density at radius 2 is 1.81 bits per heavy atom. The monoisotopic (exact) mass is 289 g/mol. The lowest BCUT2D eigenvalue weighted by atomic mass is 9.81. The summed E-state index contributed by atoms with van der Waals surface area (Å²) in [6.45, 7) is 5.17. The summed E-state index contributed by atoms with van der Waals surface area (Å²) in [5, 5.41) is 3.05. The summed E-state index contributed by atoms with van der Waals surface area (Å²) in [7, 11) is 0. The van der Waals surface area contributed by atoms with Gasteiger partial charge in [-0.05, 0) is 31.1 Å². The highest BCUT2D eigenvalue weighted by Gasteiger charge is 2.21. The Morgan fingerprint density at radius 3 is 2.31 bits per heavy atom. The summed E-state index contributed by atoms with van der Waals surface area (Å²) in [4.78, 5) is 11.6. The summed E-state index contributed by atoms with van der Waals surface area (Å²) in [6.07, 6.45) is 7.45. The van der Waals surface area contributed by atoms with E-state index in [4.69, 9.17) is 0 Å². The molecule has 0 aromatic carbocycles. The minimum Gasteiger partial charge on any atom is -0.355 e. The van der Waals surface area contributed by atoms with E-state index >= 15 is 0 Å². The van der Waals surface area contributed by atoms with Gasteiger partial charge < -0.3 is 5.32 Å². The van der Waals surface area contributed by atoms with Crippen LogP contribution in [0.25, 0.3) is 0 Å². The first-order valence-electron chi connectivity index (χ1n) is 6.59. The van der Waals surface area contributed by atoms with Gasteiger partial charge in [0.25, 0.3) is 0 Å². The number of nitrogens with one attached hydrogen (secondary N) is 1. The molecule has 94 valence electrons. The molecule has 1 rings (SSSR count). The van der Waals surface area contributed by atoms with Gasteiger partial charge in [-0.2, -0.15) is 0 Å². The van der Waals surface area contributed by atoms with E-state index in [1.807, 2.05) is 6.92 Å². The standard InChI is InChI=1S/C13H24BrNO/c1-3-10-5-7-11(8-6-10)9-15-13(16)12(14)4-2/h10-12H,3-9H2,1-2H3,(H,15,16). The summed E-state index contributed by atoms with van der Waals surface area (Å²) in [5.41, 5.74) is 0. The maximum atomic E-state index is 11.6. The fourth-order valence-electron chi connectivity index (χ4n) is 2.38. The van der Waals surface area contributed by atoms with Gasteiger partial charge in [-0.1, -0.05) is 49.0 Å². The Bertz CT molecular complexity index is 212. The normalized spacial score (nSPS) is 27.4. The molecule has 0 heterocycles. The quantitative estimate of drug-likeness (QED) is 0.772. The highest BCUT2D eigenvalue weighted by atomic mass is 79.9. The second kappa shape index (κ2) is 7.31. The summed E-state index contributed by atoms with van der Waals surface area (Å²) in [5.74, 6) is 1.80. The molecule has 0 aromatic heterocycles. The molecule has 1 fully saturated rings. The van der Waals surface area contributed by atoms with E-state index in [9.17, 15) is 4.79 Å². The molecule has 1 amide bonds. The third-order valence-electron chi connectivity index (χ3n) is 3.75. The number of carbonyl (C=O) groups excluding carboxylic acids is 1. The second-order valence-corrected chi connectivity index (χ2v) is 6.02. The highest BCUT2D eigenvalue weighted by molar-refractivity contribution is 9.10. The first kappa shape index (κ1) is 14.0. The van der Waals surface area contributed by atoms with Crippen LogP contribution in [0.5, 0.6) is 0 Å². The van der Waals surface area contributed by atoms with Crippen molar-refractivity contribution < 1.29 is 4.79 Å². The third-order valence-corrected chi connectivity index (χ3v) is 4.81. The first-order chi connectivity index (χ1) is 7.67. The molecule has 1 aliphatic rings. The number of rotatable bonds is 5. The van der Waals surface area contributed by atoms with Gasteiger partial charge in [0.2, 0.25) is 5.91 Å². The van der Waals surface area contributed by atoms with Crippen molar-refractivity contribution in [3.8, 4) is 0 Å². The van der Waals surface area contributed by atoms with E-state index in [1.54, 1.807) is 0 Å². The van der Waals surface area contributed by atoms with Gasteiger partial charge >= 0.3 is 0 Å². The molecule has 0 aromatic rings. The fourth-order valence-corrected chi connectivity index (χ4v) is 2.55. The predicted octanol–water partition coefficient (Wildman–Crippen LogP) is 3.49. The highest BCUT2D eigenvalue weighted by Crippen LogP contribution is 2.30. The van der Waals surface area contributed by atoms with Gasteiger partial charge in [0.05, 0.1) is 4.83 Å². The summed E-state index contributed by atoms with van der Waals surface area (Å²) >= 11 is 3.38. The van der Waals surface area contributed by atoms with Crippen molar-refractivity contribution in [3.05, 3.63) is 0 Å². The van der Waals surface area contributed by atoms with Gasteiger partial charge in [-0.3, -0.25) is 4.79 Å². The van der Waals surface area contributed by atoms with E-state index in [1.165, 1.54) is 32.1 Å². The van der Waals surface area contributed by atoms with Gasteiger partial charge in [-0.15, -0.1) is 0 Å². The van der Waals surface area contributed by atoms with Crippen LogP contribution in [0.3, 0.4) is 0 Å². The lowest BCUT2D eigenvalue weighted by Gasteiger charge is -2.28. The molecule has 0 saturated heterocycles. The van der Waals surface area contributed by atoms with Crippen LogP contribution in [0.2, 0.25) is 0 Å². The molecule has 1 atom stereocenters. The number of amides is 1. The van der Waals surface area contributed by atoms with Crippen molar-refractivity contribution in [1.29, 1.82) is 0 Å². The fraction of sp³-hybridized carbons (Fsp3) is 0.923. The maximum absolute atomic E-state index is 11.6. The Labute approximate surface area is 108 Å². The lowest BCUT2D eigenvalue weighted by Crippen LogP contribution is -2.35. The Hall–Kier alpha value is -0.0500. The van der Waals surface area contributed by atoms with Crippen molar-refractivity contribution in [2.45, 2.75) is 57.2 Å². The number of carbonyl (C=O) groups is 1. The van der Waals surface area contributed by atoms with Crippen LogP contribution >= 0.6 is 15.9 Å².